The van der Waals surface area contributed by atoms with Crippen LogP contribution < -0.4 is 10.6 Å². The van der Waals surface area contributed by atoms with Gasteiger partial charge in [-0.05, 0) is 24.6 Å². The molecule has 0 saturated carbocycles. The summed E-state index contributed by atoms with van der Waals surface area (Å²) in [6.07, 6.45) is 0.180. The van der Waals surface area contributed by atoms with Crippen molar-refractivity contribution in [1.29, 1.82) is 0 Å². The Morgan fingerprint density at radius 1 is 1.18 bits per heavy atom. The number of esters is 1. The zero-order chi connectivity index (χ0) is 16.7. The smallest absolute Gasteiger partial charge is 0.328 e. The number of amides is 2. The second-order valence-electron chi connectivity index (χ2n) is 4.84. The maximum Gasteiger partial charge on any atom is 0.328 e. The molecule has 0 aliphatic carbocycles. The van der Waals surface area contributed by atoms with E-state index in [2.05, 4.69) is 15.4 Å². The van der Waals surface area contributed by atoms with Gasteiger partial charge in [0.05, 0.1) is 7.11 Å². The van der Waals surface area contributed by atoms with Crippen molar-refractivity contribution in [2.45, 2.75) is 32.4 Å². The molecule has 22 heavy (non-hydrogen) atoms. The number of ether oxygens (including phenoxy) is 1. The number of benzene rings is 1. The minimum Gasteiger partial charge on any atom is -0.467 e. The van der Waals surface area contributed by atoms with Crippen molar-refractivity contribution < 1.29 is 23.5 Å². The highest BCUT2D eigenvalue weighted by Gasteiger charge is 2.24. The van der Waals surface area contributed by atoms with Gasteiger partial charge < -0.3 is 15.4 Å². The third-order valence-electron chi connectivity index (χ3n) is 2.96. The molecule has 0 aromatic heterocycles. The Bertz CT molecular complexity index is 545. The molecule has 0 spiro atoms. The molecule has 1 aromatic carbocycles. The summed E-state index contributed by atoms with van der Waals surface area (Å²) in [4.78, 5) is 34.7. The number of hydrogen-bond donors (Lipinski definition) is 2. The van der Waals surface area contributed by atoms with E-state index in [1.165, 1.54) is 45.2 Å². The van der Waals surface area contributed by atoms with Gasteiger partial charge in [0.25, 0.3) is 0 Å². The molecule has 0 unspecified atom stereocenters. The fraction of sp³-hybridized carbons (Fsp3) is 0.400. The molecule has 6 nitrogen and oxygen atoms in total. The minimum absolute atomic E-state index is 0.180. The van der Waals surface area contributed by atoms with Crippen LogP contribution in [-0.4, -0.2) is 37.0 Å². The van der Waals surface area contributed by atoms with Crippen LogP contribution in [0.3, 0.4) is 0 Å². The summed E-state index contributed by atoms with van der Waals surface area (Å²) in [5.74, 6) is -1.87. The standard InChI is InChI=1S/C15H19FN2O4/c1-9(15(21)22-3)17-14(20)13(18-10(2)19)8-11-4-6-12(16)7-5-11/h4-7,9,13H,8H2,1-3H3,(H,17,20)(H,18,19)/t9-,13+/m1/s1. The minimum atomic E-state index is -0.866. The molecule has 2 atom stereocenters. The predicted molar refractivity (Wildman–Crippen MR) is 77.3 cm³/mol. The van der Waals surface area contributed by atoms with Crippen molar-refractivity contribution in [2.75, 3.05) is 7.11 Å². The van der Waals surface area contributed by atoms with Gasteiger partial charge in [-0.25, -0.2) is 9.18 Å². The van der Waals surface area contributed by atoms with Gasteiger partial charge in [0, 0.05) is 13.3 Å². The van der Waals surface area contributed by atoms with E-state index < -0.39 is 24.0 Å². The third kappa shape index (κ3) is 5.51. The van der Waals surface area contributed by atoms with Crippen LogP contribution in [0.5, 0.6) is 0 Å². The summed E-state index contributed by atoms with van der Waals surface area (Å²) in [6, 6.07) is 3.91. The molecule has 0 heterocycles. The Hall–Kier alpha value is -2.44. The third-order valence-corrected chi connectivity index (χ3v) is 2.96. The summed E-state index contributed by atoms with van der Waals surface area (Å²) in [5.41, 5.74) is 0.682. The normalized spacial score (nSPS) is 12.9. The van der Waals surface area contributed by atoms with Crippen LogP contribution in [0.4, 0.5) is 4.39 Å². The molecule has 7 heteroatoms. The van der Waals surface area contributed by atoms with Crippen molar-refractivity contribution in [1.82, 2.24) is 10.6 Å². The van der Waals surface area contributed by atoms with Crippen molar-refractivity contribution in [2.24, 2.45) is 0 Å². The second-order valence-corrected chi connectivity index (χ2v) is 4.84. The van der Waals surface area contributed by atoms with E-state index in [4.69, 9.17) is 0 Å². The van der Waals surface area contributed by atoms with E-state index in [-0.39, 0.29) is 18.1 Å². The van der Waals surface area contributed by atoms with Gasteiger partial charge >= 0.3 is 5.97 Å². The molecule has 1 aromatic rings. The summed E-state index contributed by atoms with van der Waals surface area (Å²) < 4.78 is 17.4. The predicted octanol–water partition coefficient (Wildman–Crippen LogP) is 0.551. The average molecular weight is 310 g/mol. The van der Waals surface area contributed by atoms with Gasteiger partial charge in [-0.1, -0.05) is 12.1 Å². The zero-order valence-corrected chi connectivity index (χ0v) is 12.7. The number of halogens is 1. The Morgan fingerprint density at radius 2 is 1.77 bits per heavy atom. The van der Waals surface area contributed by atoms with Crippen LogP contribution in [0, 0.1) is 5.82 Å². The average Bonchev–Trinajstić information content (AvgIpc) is 2.47. The maximum atomic E-state index is 12.9. The number of rotatable bonds is 6. The summed E-state index contributed by atoms with van der Waals surface area (Å²) in [7, 11) is 1.22. The van der Waals surface area contributed by atoms with Crippen LogP contribution in [0.1, 0.15) is 19.4 Å². The summed E-state index contributed by atoms with van der Waals surface area (Å²) >= 11 is 0. The quantitative estimate of drug-likeness (QED) is 0.752. The monoisotopic (exact) mass is 310 g/mol. The van der Waals surface area contributed by atoms with Gasteiger partial charge in [-0.15, -0.1) is 0 Å². The van der Waals surface area contributed by atoms with E-state index in [1.54, 1.807) is 0 Å². The Labute approximate surface area is 128 Å². The SMILES string of the molecule is COC(=O)[C@@H](C)NC(=O)[C@H](Cc1ccc(F)cc1)NC(C)=O. The van der Waals surface area contributed by atoms with Crippen LogP contribution in [-0.2, 0) is 25.5 Å². The number of carbonyl (C=O) groups is 3. The van der Waals surface area contributed by atoms with E-state index in [1.807, 2.05) is 0 Å². The first-order chi connectivity index (χ1) is 10.3. The van der Waals surface area contributed by atoms with Crippen LogP contribution in [0.25, 0.3) is 0 Å². The number of carbonyl (C=O) groups excluding carboxylic acids is 3. The largest absolute Gasteiger partial charge is 0.467 e. The number of hydrogen-bond acceptors (Lipinski definition) is 4. The first-order valence-corrected chi connectivity index (χ1v) is 6.73. The van der Waals surface area contributed by atoms with Crippen molar-refractivity contribution in [3.05, 3.63) is 35.6 Å². The van der Waals surface area contributed by atoms with Crippen molar-refractivity contribution in [3.63, 3.8) is 0 Å². The molecule has 0 radical (unpaired) electrons. The molecule has 0 bridgehead atoms. The first kappa shape index (κ1) is 17.6. The van der Waals surface area contributed by atoms with E-state index in [0.717, 1.165) is 0 Å². The lowest BCUT2D eigenvalue weighted by Gasteiger charge is -2.20. The summed E-state index contributed by atoms with van der Waals surface area (Å²) in [5, 5.41) is 4.97. The van der Waals surface area contributed by atoms with Crippen molar-refractivity contribution >= 4 is 17.8 Å². The zero-order valence-electron chi connectivity index (χ0n) is 12.7. The fourth-order valence-electron chi connectivity index (χ4n) is 1.86. The van der Waals surface area contributed by atoms with E-state index in [0.29, 0.717) is 5.56 Å². The Kier molecular flexibility index (Phi) is 6.49. The second kappa shape index (κ2) is 8.11. The van der Waals surface area contributed by atoms with Gasteiger partial charge in [0.15, 0.2) is 0 Å². The molecule has 2 amide bonds. The Morgan fingerprint density at radius 3 is 2.27 bits per heavy atom. The van der Waals surface area contributed by atoms with Crippen molar-refractivity contribution in [3.8, 4) is 0 Å². The lowest BCUT2D eigenvalue weighted by atomic mass is 10.0. The molecule has 0 aliphatic rings. The van der Waals surface area contributed by atoms with Crippen LogP contribution in [0.2, 0.25) is 0 Å². The highest BCUT2D eigenvalue weighted by Crippen LogP contribution is 2.06. The molecular formula is C15H19FN2O4. The molecular weight excluding hydrogens is 291 g/mol. The van der Waals surface area contributed by atoms with E-state index >= 15 is 0 Å². The fourth-order valence-corrected chi connectivity index (χ4v) is 1.86. The lowest BCUT2D eigenvalue weighted by molar-refractivity contribution is -0.144. The molecule has 0 fully saturated rings. The molecule has 120 valence electrons. The number of nitrogens with one attached hydrogen (secondary N) is 2. The summed E-state index contributed by atoms with van der Waals surface area (Å²) in [6.45, 7) is 2.77. The van der Waals surface area contributed by atoms with Gasteiger partial charge in [-0.3, -0.25) is 9.59 Å². The molecule has 0 saturated heterocycles. The van der Waals surface area contributed by atoms with E-state index in [9.17, 15) is 18.8 Å². The van der Waals surface area contributed by atoms with Crippen LogP contribution >= 0.6 is 0 Å². The molecule has 2 N–H and O–H groups in total. The lowest BCUT2D eigenvalue weighted by Crippen LogP contribution is -2.51. The highest BCUT2D eigenvalue weighted by atomic mass is 19.1. The number of methoxy groups -OCH3 is 1. The Balaban J connectivity index is 2.78. The van der Waals surface area contributed by atoms with Gasteiger partial charge in [0.2, 0.25) is 11.8 Å². The van der Waals surface area contributed by atoms with Gasteiger partial charge in [-0.2, -0.15) is 0 Å². The maximum absolute atomic E-state index is 12.9. The topological polar surface area (TPSA) is 84.5 Å². The molecule has 0 aliphatic heterocycles. The molecule has 1 rings (SSSR count). The first-order valence-electron chi connectivity index (χ1n) is 6.73. The van der Waals surface area contributed by atoms with Gasteiger partial charge in [0.1, 0.15) is 17.9 Å². The highest BCUT2D eigenvalue weighted by molar-refractivity contribution is 5.90. The van der Waals surface area contributed by atoms with Crippen LogP contribution in [0.15, 0.2) is 24.3 Å².